The molecule has 1 atom stereocenters. The van der Waals surface area contributed by atoms with E-state index in [2.05, 4.69) is 34.2 Å². The molecule has 2 saturated heterocycles. The molecule has 7 heteroatoms. The average molecular weight is 408 g/mol. The van der Waals surface area contributed by atoms with Gasteiger partial charge in [-0.15, -0.1) is 36.2 Å². The summed E-state index contributed by atoms with van der Waals surface area (Å²) in [6.45, 7) is 9.29. The van der Waals surface area contributed by atoms with Crippen molar-refractivity contribution in [3.8, 4) is 0 Å². The first-order valence-electron chi connectivity index (χ1n) is 9.03. The van der Waals surface area contributed by atoms with Gasteiger partial charge in [-0.1, -0.05) is 6.92 Å². The predicted molar refractivity (Wildman–Crippen MR) is 110 cm³/mol. The van der Waals surface area contributed by atoms with Crippen LogP contribution in [0.4, 0.5) is 0 Å². The lowest BCUT2D eigenvalue weighted by atomic mass is 10.0. The highest BCUT2D eigenvalue weighted by Gasteiger charge is 2.23. The number of nitrogens with zero attached hydrogens (tertiary/aromatic N) is 2. The summed E-state index contributed by atoms with van der Waals surface area (Å²) in [6.07, 6.45) is 4.16. The van der Waals surface area contributed by atoms with Crippen molar-refractivity contribution in [1.82, 2.24) is 15.1 Å². The Bertz CT molecular complexity index is 512. The van der Waals surface area contributed by atoms with E-state index in [9.17, 15) is 4.79 Å². The second-order valence-electron chi connectivity index (χ2n) is 6.78. The van der Waals surface area contributed by atoms with Gasteiger partial charge in [0.1, 0.15) is 0 Å². The Hall–Kier alpha value is -0.330. The van der Waals surface area contributed by atoms with Crippen molar-refractivity contribution in [2.45, 2.75) is 39.2 Å². The third-order valence-electron chi connectivity index (χ3n) is 5.10. The molecule has 1 aromatic rings. The summed E-state index contributed by atoms with van der Waals surface area (Å²) in [4.78, 5) is 19.8. The molecule has 0 aliphatic carbocycles. The summed E-state index contributed by atoms with van der Waals surface area (Å²) < 4.78 is 0. The van der Waals surface area contributed by atoms with Crippen LogP contribution in [0.3, 0.4) is 0 Å². The number of nitrogens with one attached hydrogen (secondary N) is 1. The standard InChI is InChI=1S/C18H29N3OS.2ClH/c1-2-16-4-5-17(23-16)14-20-9-11-21(12-10-20)18(22)6-3-15-7-8-19-13-15;;/h4-5,15,19H,2-3,6-14H2,1H3;2*1H. The van der Waals surface area contributed by atoms with Gasteiger partial charge in [0.25, 0.3) is 0 Å². The van der Waals surface area contributed by atoms with E-state index in [1.807, 2.05) is 11.3 Å². The second kappa shape index (κ2) is 11.4. The van der Waals surface area contributed by atoms with Gasteiger partial charge in [0.05, 0.1) is 0 Å². The van der Waals surface area contributed by atoms with Crippen LogP contribution in [-0.2, 0) is 17.8 Å². The summed E-state index contributed by atoms with van der Waals surface area (Å²) >= 11 is 1.93. The van der Waals surface area contributed by atoms with E-state index >= 15 is 0 Å². The smallest absolute Gasteiger partial charge is 0.222 e. The van der Waals surface area contributed by atoms with Crippen molar-refractivity contribution >= 4 is 42.1 Å². The molecule has 0 saturated carbocycles. The van der Waals surface area contributed by atoms with E-state index in [1.165, 1.54) is 16.2 Å². The minimum Gasteiger partial charge on any atom is -0.340 e. The molecule has 0 radical (unpaired) electrons. The van der Waals surface area contributed by atoms with Crippen LogP contribution in [0, 0.1) is 5.92 Å². The molecule has 144 valence electrons. The van der Waals surface area contributed by atoms with E-state index in [-0.39, 0.29) is 24.8 Å². The zero-order valence-corrected chi connectivity index (χ0v) is 17.5. The highest BCUT2D eigenvalue weighted by Crippen LogP contribution is 2.20. The average Bonchev–Trinajstić information content (AvgIpc) is 3.25. The van der Waals surface area contributed by atoms with Gasteiger partial charge in [-0.05, 0) is 50.4 Å². The number of hydrogen-bond acceptors (Lipinski definition) is 4. The maximum Gasteiger partial charge on any atom is 0.222 e. The van der Waals surface area contributed by atoms with Crippen LogP contribution in [0.1, 0.15) is 35.9 Å². The number of halogens is 2. The van der Waals surface area contributed by atoms with Crippen molar-refractivity contribution in [2.75, 3.05) is 39.3 Å². The van der Waals surface area contributed by atoms with E-state index in [4.69, 9.17) is 0 Å². The highest BCUT2D eigenvalue weighted by atomic mass is 35.5. The number of aryl methyl sites for hydroxylation is 1. The maximum absolute atomic E-state index is 12.4. The quantitative estimate of drug-likeness (QED) is 0.786. The van der Waals surface area contributed by atoms with Gasteiger partial charge >= 0.3 is 0 Å². The van der Waals surface area contributed by atoms with Crippen molar-refractivity contribution in [2.24, 2.45) is 5.92 Å². The number of carbonyl (C=O) groups is 1. The van der Waals surface area contributed by atoms with Crippen LogP contribution in [0.25, 0.3) is 0 Å². The highest BCUT2D eigenvalue weighted by molar-refractivity contribution is 7.11. The number of hydrogen-bond donors (Lipinski definition) is 1. The lowest BCUT2D eigenvalue weighted by Gasteiger charge is -2.34. The largest absolute Gasteiger partial charge is 0.340 e. The van der Waals surface area contributed by atoms with E-state index in [0.29, 0.717) is 11.8 Å². The SMILES string of the molecule is CCc1ccc(CN2CCN(C(=O)CCC3CCNC3)CC2)s1.Cl.Cl. The number of thiophene rings is 1. The van der Waals surface area contributed by atoms with Gasteiger partial charge < -0.3 is 10.2 Å². The van der Waals surface area contributed by atoms with E-state index < -0.39 is 0 Å². The van der Waals surface area contributed by atoms with Crippen LogP contribution in [0.5, 0.6) is 0 Å². The lowest BCUT2D eigenvalue weighted by Crippen LogP contribution is -2.48. The minimum atomic E-state index is 0. The number of rotatable bonds is 6. The van der Waals surface area contributed by atoms with Crippen molar-refractivity contribution in [3.05, 3.63) is 21.9 Å². The summed E-state index contributed by atoms with van der Waals surface area (Å²) in [7, 11) is 0. The summed E-state index contributed by atoms with van der Waals surface area (Å²) in [5.74, 6) is 1.08. The van der Waals surface area contributed by atoms with Gasteiger partial charge in [-0.25, -0.2) is 0 Å². The Kier molecular flexibility index (Phi) is 10.4. The Balaban J connectivity index is 0.00000156. The molecule has 1 N–H and O–H groups in total. The van der Waals surface area contributed by atoms with E-state index in [1.54, 1.807) is 0 Å². The van der Waals surface area contributed by atoms with Crippen molar-refractivity contribution < 1.29 is 4.79 Å². The molecule has 25 heavy (non-hydrogen) atoms. The third kappa shape index (κ3) is 6.72. The number of carbonyl (C=O) groups excluding carboxylic acids is 1. The molecule has 0 aromatic carbocycles. The van der Waals surface area contributed by atoms with Crippen molar-refractivity contribution in [3.63, 3.8) is 0 Å². The molecule has 3 heterocycles. The topological polar surface area (TPSA) is 35.6 Å². The molecule has 0 spiro atoms. The Labute approximate surface area is 168 Å². The zero-order chi connectivity index (χ0) is 16.1. The molecular formula is C18H31Cl2N3OS. The predicted octanol–water partition coefficient (Wildman–Crippen LogP) is 3.19. The molecule has 2 aliphatic rings. The maximum atomic E-state index is 12.4. The molecule has 1 aromatic heterocycles. The Morgan fingerprint density at radius 1 is 1.20 bits per heavy atom. The fourth-order valence-corrected chi connectivity index (χ4v) is 4.52. The normalized spacial score (nSPS) is 20.8. The van der Waals surface area contributed by atoms with E-state index in [0.717, 1.165) is 65.1 Å². The first-order chi connectivity index (χ1) is 11.2. The molecular weight excluding hydrogens is 377 g/mol. The zero-order valence-electron chi connectivity index (χ0n) is 15.0. The lowest BCUT2D eigenvalue weighted by molar-refractivity contribution is -0.133. The fraction of sp³-hybridized carbons (Fsp3) is 0.722. The number of piperazine rings is 1. The van der Waals surface area contributed by atoms with Crippen LogP contribution in [-0.4, -0.2) is 55.0 Å². The first kappa shape index (κ1) is 22.7. The van der Waals surface area contributed by atoms with Gasteiger partial charge in [0.15, 0.2) is 0 Å². The van der Waals surface area contributed by atoms with Crippen LogP contribution in [0.2, 0.25) is 0 Å². The molecule has 2 fully saturated rings. The molecule has 4 nitrogen and oxygen atoms in total. The monoisotopic (exact) mass is 407 g/mol. The summed E-state index contributed by atoms with van der Waals surface area (Å²) in [6, 6.07) is 4.51. The van der Waals surface area contributed by atoms with Crippen LogP contribution in [0.15, 0.2) is 12.1 Å². The molecule has 1 unspecified atom stereocenters. The van der Waals surface area contributed by atoms with Crippen molar-refractivity contribution in [1.29, 1.82) is 0 Å². The van der Waals surface area contributed by atoms with Gasteiger partial charge in [0, 0.05) is 48.9 Å². The molecule has 2 aliphatic heterocycles. The van der Waals surface area contributed by atoms with Crippen LogP contribution < -0.4 is 5.32 Å². The number of amides is 1. The Morgan fingerprint density at radius 3 is 2.52 bits per heavy atom. The van der Waals surface area contributed by atoms with Gasteiger partial charge in [-0.2, -0.15) is 0 Å². The summed E-state index contributed by atoms with van der Waals surface area (Å²) in [5, 5.41) is 3.38. The molecule has 3 rings (SSSR count). The minimum absolute atomic E-state index is 0. The molecule has 0 bridgehead atoms. The third-order valence-corrected chi connectivity index (χ3v) is 6.31. The molecule has 1 amide bonds. The second-order valence-corrected chi connectivity index (χ2v) is 8.03. The van der Waals surface area contributed by atoms with Gasteiger partial charge in [0.2, 0.25) is 5.91 Å². The van der Waals surface area contributed by atoms with Gasteiger partial charge in [-0.3, -0.25) is 9.69 Å². The first-order valence-corrected chi connectivity index (χ1v) is 9.84. The fourth-order valence-electron chi connectivity index (χ4n) is 3.52. The van der Waals surface area contributed by atoms with Crippen LogP contribution >= 0.6 is 36.2 Å². The summed E-state index contributed by atoms with van der Waals surface area (Å²) in [5.41, 5.74) is 0. The Morgan fingerprint density at radius 2 is 1.92 bits per heavy atom.